The molecular weight excluding hydrogens is 669 g/mol. The Hall–Kier alpha value is -4.28. The van der Waals surface area contributed by atoms with Gasteiger partial charge in [0, 0.05) is 25.5 Å². The van der Waals surface area contributed by atoms with E-state index in [-0.39, 0.29) is 23.8 Å². The van der Waals surface area contributed by atoms with Crippen LogP contribution in [0.25, 0.3) is 33.5 Å². The van der Waals surface area contributed by atoms with Crippen molar-refractivity contribution in [3.63, 3.8) is 0 Å². The van der Waals surface area contributed by atoms with Crippen LogP contribution in [-0.2, 0) is 6.61 Å². The summed E-state index contributed by atoms with van der Waals surface area (Å²) in [6.07, 6.45) is 1.54. The van der Waals surface area contributed by atoms with E-state index in [0.29, 0.717) is 56.0 Å². The third-order valence-electron chi connectivity index (χ3n) is 6.47. The smallest absolute Gasteiger partial charge is 0.282 e. The Morgan fingerprint density at radius 2 is 1.76 bits per heavy atom. The number of hydrogen-bond donors (Lipinski definition) is 0. The van der Waals surface area contributed by atoms with Crippen LogP contribution in [0.3, 0.4) is 0 Å². The van der Waals surface area contributed by atoms with Gasteiger partial charge in [-0.1, -0.05) is 46.3 Å². The lowest BCUT2D eigenvalue weighted by Gasteiger charge is -2.14. The van der Waals surface area contributed by atoms with Gasteiger partial charge in [-0.15, -0.1) is 0 Å². The maximum atomic E-state index is 14.1. The number of benzene rings is 4. The Morgan fingerprint density at radius 1 is 0.976 bits per heavy atom. The summed E-state index contributed by atoms with van der Waals surface area (Å²) in [5, 5.41) is 5.83. The molecule has 10 heteroatoms. The minimum absolute atomic E-state index is 0.0300. The maximum absolute atomic E-state index is 14.1. The normalized spacial score (nSPS) is 11.5. The second-order valence-electron chi connectivity index (χ2n) is 9.24. The van der Waals surface area contributed by atoms with Crippen molar-refractivity contribution in [3.05, 3.63) is 121 Å². The Labute approximate surface area is 256 Å². The lowest BCUT2D eigenvalue weighted by Crippen LogP contribution is -2.20. The summed E-state index contributed by atoms with van der Waals surface area (Å²) in [4.78, 5) is 18.4. The average Bonchev–Trinajstić information content (AvgIpc) is 3.41. The number of para-hydroxylation sites is 1. The van der Waals surface area contributed by atoms with E-state index in [1.807, 2.05) is 37.3 Å². The monoisotopic (exact) mass is 689 g/mol. The molecule has 0 atom stereocenters. The van der Waals surface area contributed by atoms with E-state index >= 15 is 0 Å². The van der Waals surface area contributed by atoms with Gasteiger partial charge in [-0.05, 0) is 77.5 Å². The Kier molecular flexibility index (Phi) is 7.90. The fourth-order valence-corrected chi connectivity index (χ4v) is 5.24. The molecule has 2 aromatic heterocycles. The van der Waals surface area contributed by atoms with Gasteiger partial charge in [0.05, 0.1) is 23.7 Å². The highest BCUT2D eigenvalue weighted by molar-refractivity contribution is 9.10. The molecule has 0 amide bonds. The summed E-state index contributed by atoms with van der Waals surface area (Å²) in [5.74, 6) is 1.19. The minimum atomic E-state index is -0.348. The van der Waals surface area contributed by atoms with Crippen LogP contribution in [0.15, 0.2) is 108 Å². The van der Waals surface area contributed by atoms with E-state index in [2.05, 4.69) is 37.0 Å². The summed E-state index contributed by atoms with van der Waals surface area (Å²) in [7, 11) is 0. The molecule has 0 aliphatic heterocycles. The van der Waals surface area contributed by atoms with Gasteiger partial charge in [0.1, 0.15) is 18.0 Å². The van der Waals surface area contributed by atoms with Gasteiger partial charge >= 0.3 is 0 Å². The number of hydrogen-bond acceptors (Lipinski definition) is 6. The van der Waals surface area contributed by atoms with Crippen LogP contribution in [0.1, 0.15) is 18.1 Å². The van der Waals surface area contributed by atoms with E-state index < -0.39 is 0 Å². The standard InChI is InChI=1S/C32H22Br2FN3O4/c1-2-40-28-15-21(24(34)16-29(28)41-18-19-7-3-5-9-25(19)35)17-36-38-31(37-26-10-6-4-8-23(26)32(38)39)30-14-20-13-22(33)11-12-27(20)42-30/h3-17H,2,18H2,1H3. The SMILES string of the molecule is CCOc1cc(C=Nn2c(-c3cc4cc(Br)ccc4o3)nc3ccccc3c2=O)c(Br)cc1OCc1ccccc1F. The lowest BCUT2D eigenvalue weighted by atomic mass is 10.2. The summed E-state index contributed by atoms with van der Waals surface area (Å²) in [5.41, 5.74) is 1.88. The molecule has 0 radical (unpaired) electrons. The van der Waals surface area contributed by atoms with Crippen LogP contribution in [0.4, 0.5) is 4.39 Å². The van der Waals surface area contributed by atoms with Gasteiger partial charge in [-0.25, -0.2) is 9.37 Å². The molecule has 0 aliphatic rings. The molecule has 7 nitrogen and oxygen atoms in total. The number of ether oxygens (including phenoxy) is 2. The largest absolute Gasteiger partial charge is 0.490 e. The van der Waals surface area contributed by atoms with Crippen molar-refractivity contribution in [1.82, 2.24) is 9.66 Å². The zero-order chi connectivity index (χ0) is 29.2. The maximum Gasteiger partial charge on any atom is 0.282 e. The number of furan rings is 1. The van der Waals surface area contributed by atoms with Crippen LogP contribution in [0, 0.1) is 5.82 Å². The zero-order valence-corrected chi connectivity index (χ0v) is 25.4. The van der Waals surface area contributed by atoms with Crippen molar-refractivity contribution in [2.75, 3.05) is 6.61 Å². The Morgan fingerprint density at radius 3 is 2.60 bits per heavy atom. The molecule has 6 rings (SSSR count). The highest BCUT2D eigenvalue weighted by atomic mass is 79.9. The summed E-state index contributed by atoms with van der Waals surface area (Å²) < 4.78 is 34.7. The second-order valence-corrected chi connectivity index (χ2v) is 11.0. The predicted molar refractivity (Wildman–Crippen MR) is 168 cm³/mol. The van der Waals surface area contributed by atoms with Gasteiger partial charge in [-0.3, -0.25) is 4.79 Å². The van der Waals surface area contributed by atoms with Crippen LogP contribution in [-0.4, -0.2) is 22.5 Å². The zero-order valence-electron chi connectivity index (χ0n) is 22.2. The van der Waals surface area contributed by atoms with Crippen molar-refractivity contribution < 1.29 is 18.3 Å². The molecule has 2 heterocycles. The number of nitrogens with zero attached hydrogens (tertiary/aromatic N) is 3. The number of aromatic nitrogens is 2. The van der Waals surface area contributed by atoms with Gasteiger partial charge in [0.25, 0.3) is 5.56 Å². The number of rotatable bonds is 8. The van der Waals surface area contributed by atoms with Crippen LogP contribution in [0.2, 0.25) is 0 Å². The molecule has 0 saturated carbocycles. The van der Waals surface area contributed by atoms with Crippen LogP contribution in [0.5, 0.6) is 11.5 Å². The molecule has 0 bridgehead atoms. The van der Waals surface area contributed by atoms with E-state index in [0.717, 1.165) is 9.86 Å². The van der Waals surface area contributed by atoms with Gasteiger partial charge in [0.2, 0.25) is 5.82 Å². The van der Waals surface area contributed by atoms with Crippen molar-refractivity contribution >= 4 is 59.9 Å². The third kappa shape index (κ3) is 5.60. The molecule has 42 heavy (non-hydrogen) atoms. The molecule has 0 aliphatic carbocycles. The number of halogens is 3. The lowest BCUT2D eigenvalue weighted by molar-refractivity contribution is 0.265. The molecular formula is C32H22Br2FN3O4. The molecule has 0 fully saturated rings. The predicted octanol–water partition coefficient (Wildman–Crippen LogP) is 8.33. The van der Waals surface area contributed by atoms with E-state index in [1.165, 1.54) is 17.0 Å². The first kappa shape index (κ1) is 27.9. The molecule has 0 unspecified atom stereocenters. The Bertz CT molecular complexity index is 2040. The molecule has 210 valence electrons. The average molecular weight is 691 g/mol. The van der Waals surface area contributed by atoms with E-state index in [4.69, 9.17) is 18.9 Å². The molecule has 6 aromatic rings. The minimum Gasteiger partial charge on any atom is -0.490 e. The van der Waals surface area contributed by atoms with Crippen molar-refractivity contribution in [2.24, 2.45) is 5.10 Å². The fourth-order valence-electron chi connectivity index (χ4n) is 4.44. The van der Waals surface area contributed by atoms with E-state index in [1.54, 1.807) is 48.5 Å². The molecule has 0 spiro atoms. The Balaban J connectivity index is 1.41. The van der Waals surface area contributed by atoms with Gasteiger partial charge < -0.3 is 13.9 Å². The third-order valence-corrected chi connectivity index (χ3v) is 7.65. The summed E-state index contributed by atoms with van der Waals surface area (Å²) >= 11 is 7.06. The topological polar surface area (TPSA) is 78.9 Å². The second kappa shape index (κ2) is 11.9. The fraction of sp³-hybridized carbons (Fsp3) is 0.0938. The van der Waals surface area contributed by atoms with Crippen LogP contribution >= 0.6 is 31.9 Å². The quantitative estimate of drug-likeness (QED) is 0.150. The van der Waals surface area contributed by atoms with Gasteiger partial charge in [-0.2, -0.15) is 9.78 Å². The van der Waals surface area contributed by atoms with Crippen LogP contribution < -0.4 is 15.0 Å². The molecule has 4 aromatic carbocycles. The van der Waals surface area contributed by atoms with E-state index in [9.17, 15) is 9.18 Å². The highest BCUT2D eigenvalue weighted by Crippen LogP contribution is 2.34. The highest BCUT2D eigenvalue weighted by Gasteiger charge is 2.17. The first-order chi connectivity index (χ1) is 20.4. The van der Waals surface area contributed by atoms with Crippen molar-refractivity contribution in [1.29, 1.82) is 0 Å². The molecule has 0 N–H and O–H groups in total. The molecule has 0 saturated heterocycles. The summed E-state index contributed by atoms with van der Waals surface area (Å²) in [6, 6.07) is 24.5. The van der Waals surface area contributed by atoms with Crippen molar-refractivity contribution in [3.8, 4) is 23.1 Å². The van der Waals surface area contributed by atoms with Gasteiger partial charge in [0.15, 0.2) is 17.3 Å². The first-order valence-electron chi connectivity index (χ1n) is 13.0. The first-order valence-corrected chi connectivity index (χ1v) is 14.6. The summed E-state index contributed by atoms with van der Waals surface area (Å²) in [6.45, 7) is 2.27. The number of fused-ring (bicyclic) bond motifs is 2. The van der Waals surface area contributed by atoms with Crippen molar-refractivity contribution in [2.45, 2.75) is 13.5 Å².